The van der Waals surface area contributed by atoms with Gasteiger partial charge in [-0.05, 0) is 37.5 Å². The number of carbonyl (C=O) groups excluding carboxylic acids is 4. The predicted molar refractivity (Wildman–Crippen MR) is 400 cm³/mol. The van der Waals surface area contributed by atoms with E-state index in [0.29, 0.717) is 25.7 Å². The number of hydrogen-bond donors (Lipinski definition) is 3. The maximum absolute atomic E-state index is 13.1. The molecule has 0 aromatic carbocycles. The average molecular weight is 1440 g/mol. The molecule has 3 N–H and O–H groups in total. The topological polar surface area (TPSA) is 237 Å². The predicted octanol–water partition coefficient (Wildman–Crippen LogP) is 23.5. The van der Waals surface area contributed by atoms with Crippen molar-refractivity contribution in [2.24, 2.45) is 11.8 Å². The Bertz CT molecular complexity index is 1890. The normalized spacial score (nSPS) is 14.5. The number of esters is 4. The van der Waals surface area contributed by atoms with Crippen molar-refractivity contribution in [1.29, 1.82) is 0 Å². The number of carbonyl (C=O) groups is 4. The van der Waals surface area contributed by atoms with Crippen molar-refractivity contribution in [3.63, 3.8) is 0 Å². The van der Waals surface area contributed by atoms with Gasteiger partial charge < -0.3 is 33.8 Å². The van der Waals surface area contributed by atoms with E-state index in [1.54, 1.807) is 0 Å². The van der Waals surface area contributed by atoms with E-state index in [9.17, 15) is 43.2 Å². The first kappa shape index (κ1) is 96.1. The molecule has 0 rings (SSSR count). The third-order valence-corrected chi connectivity index (χ3v) is 21.1. The molecule has 0 aromatic heterocycles. The largest absolute Gasteiger partial charge is 0.472 e. The van der Waals surface area contributed by atoms with Gasteiger partial charge in [0.05, 0.1) is 26.4 Å². The highest BCUT2D eigenvalue weighted by Gasteiger charge is 2.30. The van der Waals surface area contributed by atoms with Gasteiger partial charge in [-0.15, -0.1) is 0 Å². The Kier molecular flexibility index (Phi) is 69.3. The molecular formula is C79H154O17P2. The molecule has 0 spiro atoms. The van der Waals surface area contributed by atoms with Gasteiger partial charge in [0.25, 0.3) is 0 Å². The molecule has 0 fully saturated rings. The first-order chi connectivity index (χ1) is 47.4. The molecule has 4 unspecified atom stereocenters. The van der Waals surface area contributed by atoms with Crippen molar-refractivity contribution in [3.05, 3.63) is 0 Å². The summed E-state index contributed by atoms with van der Waals surface area (Å²) in [6.45, 7) is 9.64. The Hall–Kier alpha value is -1.94. The molecule has 0 aliphatic rings. The van der Waals surface area contributed by atoms with E-state index in [1.165, 1.54) is 218 Å². The number of aliphatic hydroxyl groups excluding tert-OH is 1. The molecule has 0 heterocycles. The Morgan fingerprint density at radius 2 is 0.490 bits per heavy atom. The summed E-state index contributed by atoms with van der Waals surface area (Å²) in [5.74, 6) is -0.477. The van der Waals surface area contributed by atoms with E-state index in [2.05, 4.69) is 41.5 Å². The minimum atomic E-state index is -4.96. The molecule has 7 atom stereocenters. The second kappa shape index (κ2) is 70.7. The van der Waals surface area contributed by atoms with Gasteiger partial charge >= 0.3 is 39.5 Å². The van der Waals surface area contributed by atoms with Crippen LogP contribution in [0.4, 0.5) is 0 Å². The van der Waals surface area contributed by atoms with Crippen LogP contribution in [0.15, 0.2) is 0 Å². The lowest BCUT2D eigenvalue weighted by Gasteiger charge is -2.21. The van der Waals surface area contributed by atoms with Crippen LogP contribution in [0.1, 0.15) is 414 Å². The van der Waals surface area contributed by atoms with Crippen molar-refractivity contribution < 1.29 is 80.2 Å². The molecule has 0 aromatic rings. The summed E-state index contributed by atoms with van der Waals surface area (Å²) < 4.78 is 68.5. The van der Waals surface area contributed by atoms with Crippen molar-refractivity contribution in [3.8, 4) is 0 Å². The molecule has 98 heavy (non-hydrogen) atoms. The molecule has 0 saturated heterocycles. The molecule has 19 heteroatoms. The SMILES string of the molecule is CCCCCCCCCCCCCCCCCCCC(=O)OC[C@H](COP(=O)(O)OC[C@@H](O)COP(=O)(O)OC[C@@H](COC(=O)CCCCCCCCC)OC(=O)CCCCCCCCCCC(C)CC)OC(=O)CCCCCCCCCCCCCCCCCCCCC(C)CC. The van der Waals surface area contributed by atoms with E-state index >= 15 is 0 Å². The number of unbranched alkanes of at least 4 members (excludes halogenated alkanes) is 46. The summed E-state index contributed by atoms with van der Waals surface area (Å²) >= 11 is 0. The van der Waals surface area contributed by atoms with E-state index in [1.807, 2.05) is 0 Å². The lowest BCUT2D eigenvalue weighted by molar-refractivity contribution is -0.161. The molecule has 0 radical (unpaired) electrons. The molecule has 582 valence electrons. The van der Waals surface area contributed by atoms with E-state index in [0.717, 1.165) is 115 Å². The van der Waals surface area contributed by atoms with Gasteiger partial charge in [-0.1, -0.05) is 363 Å². The number of aliphatic hydroxyl groups is 1. The molecular weight excluding hydrogens is 1280 g/mol. The summed E-state index contributed by atoms with van der Waals surface area (Å²) in [6.07, 6.45) is 59.8. The zero-order chi connectivity index (χ0) is 72.1. The highest BCUT2D eigenvalue weighted by molar-refractivity contribution is 7.47. The second-order valence-corrected chi connectivity index (χ2v) is 31.8. The zero-order valence-corrected chi connectivity index (χ0v) is 65.9. The van der Waals surface area contributed by atoms with E-state index < -0.39 is 97.5 Å². The van der Waals surface area contributed by atoms with Crippen LogP contribution in [0, 0.1) is 11.8 Å². The van der Waals surface area contributed by atoms with Crippen molar-refractivity contribution in [2.45, 2.75) is 432 Å². The van der Waals surface area contributed by atoms with Crippen LogP contribution in [0.5, 0.6) is 0 Å². The Labute approximate surface area is 600 Å². The zero-order valence-electron chi connectivity index (χ0n) is 64.1. The van der Waals surface area contributed by atoms with Gasteiger partial charge in [-0.25, -0.2) is 9.13 Å². The van der Waals surface area contributed by atoms with Crippen LogP contribution in [0.2, 0.25) is 0 Å². The number of ether oxygens (including phenoxy) is 4. The van der Waals surface area contributed by atoms with E-state index in [4.69, 9.17) is 37.0 Å². The second-order valence-electron chi connectivity index (χ2n) is 28.9. The van der Waals surface area contributed by atoms with Gasteiger partial charge in [-0.2, -0.15) is 0 Å². The molecule has 0 amide bonds. The molecule has 0 aliphatic heterocycles. The molecule has 0 bridgehead atoms. The van der Waals surface area contributed by atoms with Gasteiger partial charge in [-0.3, -0.25) is 37.3 Å². The molecule has 0 saturated carbocycles. The third-order valence-electron chi connectivity index (χ3n) is 19.2. The van der Waals surface area contributed by atoms with Crippen molar-refractivity contribution >= 4 is 39.5 Å². The first-order valence-electron chi connectivity index (χ1n) is 41.1. The van der Waals surface area contributed by atoms with Crippen LogP contribution in [-0.2, 0) is 65.4 Å². The fourth-order valence-corrected chi connectivity index (χ4v) is 13.7. The smallest absolute Gasteiger partial charge is 0.462 e. The van der Waals surface area contributed by atoms with Crippen LogP contribution in [0.3, 0.4) is 0 Å². The average Bonchev–Trinajstić information content (AvgIpc) is 0.988. The quantitative estimate of drug-likeness (QED) is 0.0222. The van der Waals surface area contributed by atoms with Crippen molar-refractivity contribution in [1.82, 2.24) is 0 Å². The Morgan fingerprint density at radius 1 is 0.286 bits per heavy atom. The Morgan fingerprint density at radius 3 is 0.724 bits per heavy atom. The Balaban J connectivity index is 5.16. The summed E-state index contributed by atoms with van der Waals surface area (Å²) in [5.41, 5.74) is 0. The number of phosphoric acid groups is 2. The van der Waals surface area contributed by atoms with Gasteiger partial charge in [0.15, 0.2) is 12.2 Å². The summed E-state index contributed by atoms with van der Waals surface area (Å²) in [4.78, 5) is 72.8. The first-order valence-corrected chi connectivity index (χ1v) is 44.1. The lowest BCUT2D eigenvalue weighted by Crippen LogP contribution is -2.30. The van der Waals surface area contributed by atoms with Crippen LogP contribution in [0.25, 0.3) is 0 Å². The summed E-state index contributed by atoms with van der Waals surface area (Å²) in [7, 11) is -9.91. The number of phosphoric ester groups is 2. The highest BCUT2D eigenvalue weighted by atomic mass is 31.2. The number of rotatable bonds is 78. The maximum Gasteiger partial charge on any atom is 0.472 e. The molecule has 17 nitrogen and oxygen atoms in total. The minimum absolute atomic E-state index is 0.105. The maximum atomic E-state index is 13.1. The van der Waals surface area contributed by atoms with Crippen molar-refractivity contribution in [2.75, 3.05) is 39.6 Å². The monoisotopic (exact) mass is 1440 g/mol. The van der Waals surface area contributed by atoms with Gasteiger partial charge in [0.1, 0.15) is 19.3 Å². The van der Waals surface area contributed by atoms with Crippen LogP contribution in [-0.4, -0.2) is 96.7 Å². The standard InChI is InChI=1S/C79H154O17P2/c1-7-11-13-15-17-18-19-20-21-24-28-31-34-37-44-50-56-62-77(82)90-68-75(95-78(83)63-57-51-45-38-35-32-29-26-23-22-25-27-30-33-36-42-47-53-59-71(5)9-3)70-94-98(87,88)92-66-73(80)65-91-97(85,86)93-69-74(67-89-76(81)61-55-49-41-16-14-12-8-2)96-79(84)64-58-52-46-40-39-43-48-54-60-72(6)10-4/h71-75,80H,7-70H2,1-6H3,(H,85,86)(H,87,88)/t71?,72?,73-,74+,75+/m0/s1. The van der Waals surface area contributed by atoms with E-state index in [-0.39, 0.29) is 25.7 Å². The fourth-order valence-electron chi connectivity index (χ4n) is 12.1. The summed E-state index contributed by atoms with van der Waals surface area (Å²) in [5, 5.41) is 10.6. The minimum Gasteiger partial charge on any atom is -0.462 e. The van der Waals surface area contributed by atoms with Gasteiger partial charge in [0, 0.05) is 25.7 Å². The fraction of sp³-hybridized carbons (Fsp3) is 0.949. The van der Waals surface area contributed by atoms with Crippen LogP contribution >= 0.6 is 15.6 Å². The van der Waals surface area contributed by atoms with Crippen LogP contribution < -0.4 is 0 Å². The van der Waals surface area contributed by atoms with Gasteiger partial charge in [0.2, 0.25) is 0 Å². The summed E-state index contributed by atoms with van der Waals surface area (Å²) in [6, 6.07) is 0. The lowest BCUT2D eigenvalue weighted by atomic mass is 9.99. The molecule has 0 aliphatic carbocycles. The highest BCUT2D eigenvalue weighted by Crippen LogP contribution is 2.45. The number of hydrogen-bond acceptors (Lipinski definition) is 15. The third kappa shape index (κ3) is 69.8.